The number of hydrogen-bond donors (Lipinski definition) is 1. The predicted octanol–water partition coefficient (Wildman–Crippen LogP) is 1.89. The normalized spacial score (nSPS) is 17.5. The highest BCUT2D eigenvalue weighted by molar-refractivity contribution is 5.45. The Morgan fingerprint density at radius 1 is 1.16 bits per heavy atom. The maximum atomic E-state index is 13.0. The average Bonchev–Trinajstić information content (AvgIpc) is 2.97. The van der Waals surface area contributed by atoms with Crippen LogP contribution in [0, 0.1) is 0 Å². The lowest BCUT2D eigenvalue weighted by Gasteiger charge is -2.35. The molecule has 9 heteroatoms. The summed E-state index contributed by atoms with van der Waals surface area (Å²) in [5.41, 5.74) is 0.110. The summed E-state index contributed by atoms with van der Waals surface area (Å²) in [5.74, 6) is 0.103. The monoisotopic (exact) mass is 353 g/mol. The number of hydrogen-bond acceptors (Lipinski definition) is 6. The maximum Gasteiger partial charge on any atom is 0.299 e. The Kier molecular flexibility index (Phi) is 5.14. The van der Waals surface area contributed by atoms with Crippen molar-refractivity contribution in [1.29, 1.82) is 0 Å². The predicted molar refractivity (Wildman–Crippen MR) is 92.0 cm³/mol. The van der Waals surface area contributed by atoms with Gasteiger partial charge in [0.25, 0.3) is 6.43 Å². The Morgan fingerprint density at radius 3 is 2.56 bits per heavy atom. The number of fused-ring (bicyclic) bond motifs is 1. The molecule has 1 aliphatic heterocycles. The van der Waals surface area contributed by atoms with Gasteiger partial charge in [-0.2, -0.15) is 4.52 Å². The molecule has 138 valence electrons. The van der Waals surface area contributed by atoms with Gasteiger partial charge in [-0.3, -0.25) is 0 Å². The fraction of sp³-hybridized carbons (Fsp3) is 0.688. The van der Waals surface area contributed by atoms with Gasteiger partial charge in [0.05, 0.1) is 0 Å². The minimum Gasteiger partial charge on any atom is -0.364 e. The van der Waals surface area contributed by atoms with Gasteiger partial charge in [-0.15, -0.1) is 15.3 Å². The first-order chi connectivity index (χ1) is 11.8. The van der Waals surface area contributed by atoms with Gasteiger partial charge in [-0.1, -0.05) is 0 Å². The van der Waals surface area contributed by atoms with Crippen molar-refractivity contribution >= 4 is 11.5 Å². The number of likely N-dealkylation sites (N-methyl/N-ethyl adjacent to an activating group) is 1. The van der Waals surface area contributed by atoms with Crippen LogP contribution in [0.15, 0.2) is 12.1 Å². The molecular formula is C16H25F2N7. The second-order valence-corrected chi connectivity index (χ2v) is 7.25. The number of nitrogens with zero attached hydrogens (tertiary/aromatic N) is 6. The first-order valence-electron chi connectivity index (χ1n) is 8.54. The molecule has 0 aromatic carbocycles. The number of anilines is 1. The largest absolute Gasteiger partial charge is 0.364 e. The average molecular weight is 353 g/mol. The number of piperazine rings is 1. The van der Waals surface area contributed by atoms with Gasteiger partial charge in [0, 0.05) is 38.3 Å². The number of rotatable bonds is 6. The van der Waals surface area contributed by atoms with Gasteiger partial charge in [0.15, 0.2) is 5.65 Å². The lowest BCUT2D eigenvalue weighted by Crippen LogP contribution is -2.46. The highest BCUT2D eigenvalue weighted by atomic mass is 19.3. The minimum absolute atomic E-state index is 0.205. The lowest BCUT2D eigenvalue weighted by molar-refractivity contribution is 0.137. The molecule has 25 heavy (non-hydrogen) atoms. The van der Waals surface area contributed by atoms with Gasteiger partial charge in [-0.25, -0.2) is 8.78 Å². The fourth-order valence-corrected chi connectivity index (χ4v) is 2.93. The molecule has 0 radical (unpaired) electrons. The second-order valence-electron chi connectivity index (χ2n) is 7.25. The summed E-state index contributed by atoms with van der Waals surface area (Å²) in [6, 6.07) is 3.39. The Morgan fingerprint density at radius 2 is 1.88 bits per heavy atom. The Balaban J connectivity index is 1.63. The quantitative estimate of drug-likeness (QED) is 0.856. The molecule has 2 aromatic rings. The fourth-order valence-electron chi connectivity index (χ4n) is 2.93. The van der Waals surface area contributed by atoms with Crippen molar-refractivity contribution in [2.24, 2.45) is 0 Å². The molecule has 2 aromatic heterocycles. The van der Waals surface area contributed by atoms with E-state index >= 15 is 0 Å². The van der Waals surface area contributed by atoms with Crippen molar-refractivity contribution in [3.8, 4) is 0 Å². The van der Waals surface area contributed by atoms with E-state index in [4.69, 9.17) is 0 Å². The SMILES string of the molecule is CN1CCN(CCC(C)(C)Nc2ccc3nnc(C(F)F)n3n2)CC1. The molecule has 1 fully saturated rings. The number of aromatic nitrogens is 4. The zero-order valence-corrected chi connectivity index (χ0v) is 14.9. The summed E-state index contributed by atoms with van der Waals surface area (Å²) < 4.78 is 27.0. The van der Waals surface area contributed by atoms with E-state index in [1.807, 2.05) is 0 Å². The zero-order valence-electron chi connectivity index (χ0n) is 14.9. The molecule has 1 saturated heterocycles. The number of alkyl halides is 2. The van der Waals surface area contributed by atoms with Gasteiger partial charge >= 0.3 is 0 Å². The summed E-state index contributed by atoms with van der Waals surface area (Å²) in [7, 11) is 2.14. The smallest absolute Gasteiger partial charge is 0.299 e. The van der Waals surface area contributed by atoms with Crippen LogP contribution in [-0.2, 0) is 0 Å². The molecule has 0 atom stereocenters. The van der Waals surface area contributed by atoms with Gasteiger partial charge in [0.2, 0.25) is 5.82 Å². The van der Waals surface area contributed by atoms with Crippen LogP contribution < -0.4 is 5.32 Å². The van der Waals surface area contributed by atoms with Crippen molar-refractivity contribution in [3.05, 3.63) is 18.0 Å². The third-order valence-electron chi connectivity index (χ3n) is 4.60. The molecular weight excluding hydrogens is 328 g/mol. The van der Waals surface area contributed by atoms with Crippen molar-refractivity contribution < 1.29 is 8.78 Å². The highest BCUT2D eigenvalue weighted by Gasteiger charge is 2.22. The molecule has 7 nitrogen and oxygen atoms in total. The molecule has 0 saturated carbocycles. The second kappa shape index (κ2) is 7.17. The van der Waals surface area contributed by atoms with Crippen molar-refractivity contribution in [2.45, 2.75) is 32.2 Å². The number of halogens is 2. The van der Waals surface area contributed by atoms with Crippen LogP contribution in [0.2, 0.25) is 0 Å². The van der Waals surface area contributed by atoms with E-state index in [1.54, 1.807) is 12.1 Å². The summed E-state index contributed by atoms with van der Waals surface area (Å²) in [6.07, 6.45) is -1.77. The van der Waals surface area contributed by atoms with Crippen LogP contribution >= 0.6 is 0 Å². The van der Waals surface area contributed by atoms with E-state index in [2.05, 4.69) is 51.3 Å². The van der Waals surface area contributed by atoms with E-state index in [0.717, 1.165) is 43.7 Å². The van der Waals surface area contributed by atoms with Gasteiger partial charge in [-0.05, 0) is 39.4 Å². The molecule has 0 unspecified atom stereocenters. The zero-order chi connectivity index (χ0) is 18.0. The minimum atomic E-state index is -2.71. The Hall–Kier alpha value is -1.87. The van der Waals surface area contributed by atoms with Crippen LogP contribution in [0.5, 0.6) is 0 Å². The van der Waals surface area contributed by atoms with E-state index in [9.17, 15) is 8.78 Å². The molecule has 0 aliphatic carbocycles. The maximum absolute atomic E-state index is 13.0. The topological polar surface area (TPSA) is 61.6 Å². The third-order valence-corrected chi connectivity index (χ3v) is 4.60. The Bertz CT molecular complexity index is 708. The van der Waals surface area contributed by atoms with E-state index < -0.39 is 12.2 Å². The van der Waals surface area contributed by atoms with Crippen LogP contribution in [-0.4, -0.2) is 74.9 Å². The van der Waals surface area contributed by atoms with Crippen LogP contribution in [0.3, 0.4) is 0 Å². The molecule has 3 rings (SSSR count). The van der Waals surface area contributed by atoms with Crippen LogP contribution in [0.25, 0.3) is 5.65 Å². The molecule has 0 amide bonds. The molecule has 1 aliphatic rings. The standard InChI is InChI=1S/C16H25F2N7/c1-16(2,6-7-24-10-8-23(3)9-11-24)19-12-4-5-13-20-21-15(14(17)18)25(13)22-12/h4-5,14H,6-11H2,1-3H3,(H,19,22). The van der Waals surface area contributed by atoms with Gasteiger partial charge in [0.1, 0.15) is 5.82 Å². The summed E-state index contributed by atoms with van der Waals surface area (Å²) in [6.45, 7) is 9.52. The van der Waals surface area contributed by atoms with E-state index in [1.165, 1.54) is 0 Å². The summed E-state index contributed by atoms with van der Waals surface area (Å²) in [4.78, 5) is 4.79. The first-order valence-corrected chi connectivity index (χ1v) is 8.54. The van der Waals surface area contributed by atoms with Crippen molar-refractivity contribution in [3.63, 3.8) is 0 Å². The number of nitrogens with one attached hydrogen (secondary N) is 1. The molecule has 0 spiro atoms. The van der Waals surface area contributed by atoms with Crippen LogP contribution in [0.4, 0.5) is 14.6 Å². The molecule has 1 N–H and O–H groups in total. The van der Waals surface area contributed by atoms with Crippen molar-refractivity contribution in [1.82, 2.24) is 29.6 Å². The van der Waals surface area contributed by atoms with E-state index in [-0.39, 0.29) is 5.54 Å². The lowest BCUT2D eigenvalue weighted by atomic mass is 10.00. The third kappa shape index (κ3) is 4.40. The highest BCUT2D eigenvalue weighted by Crippen LogP contribution is 2.20. The van der Waals surface area contributed by atoms with Crippen molar-refractivity contribution in [2.75, 3.05) is 45.1 Å². The van der Waals surface area contributed by atoms with E-state index in [0.29, 0.717) is 11.5 Å². The summed E-state index contributed by atoms with van der Waals surface area (Å²) in [5, 5.41) is 14.8. The molecule has 0 bridgehead atoms. The van der Waals surface area contributed by atoms with Crippen LogP contribution in [0.1, 0.15) is 32.5 Å². The first kappa shape index (κ1) is 17.9. The molecule has 3 heterocycles. The summed E-state index contributed by atoms with van der Waals surface area (Å²) >= 11 is 0. The van der Waals surface area contributed by atoms with Gasteiger partial charge < -0.3 is 15.1 Å². The Labute approximate surface area is 146 Å².